The lowest BCUT2D eigenvalue weighted by Crippen LogP contribution is -2.06. The molecule has 0 bridgehead atoms. The molecule has 2 rings (SSSR count). The molecule has 132 valence electrons. The van der Waals surface area contributed by atoms with Crippen LogP contribution in [0.2, 0.25) is 10.0 Å². The van der Waals surface area contributed by atoms with Crippen LogP contribution < -0.4 is 9.47 Å². The number of rotatable bonds is 7. The third-order valence-corrected chi connectivity index (χ3v) is 4.49. The van der Waals surface area contributed by atoms with Gasteiger partial charge in [-0.15, -0.1) is 0 Å². The van der Waals surface area contributed by atoms with Gasteiger partial charge in [0, 0.05) is 0 Å². The normalized spacial score (nSPS) is 10.2. The van der Waals surface area contributed by atoms with E-state index in [2.05, 4.69) is 22.5 Å². The summed E-state index contributed by atoms with van der Waals surface area (Å²) in [7, 11) is 1.49. The van der Waals surface area contributed by atoms with Crippen LogP contribution in [0.3, 0.4) is 0 Å². The van der Waals surface area contributed by atoms with E-state index >= 15 is 0 Å². The highest BCUT2D eigenvalue weighted by Crippen LogP contribution is 2.37. The second-order valence-electron chi connectivity index (χ2n) is 4.91. The first kappa shape index (κ1) is 19.6. The first-order chi connectivity index (χ1) is 12.0. The topological polar surface area (TPSA) is 44.8 Å². The number of benzene rings is 2. The summed E-state index contributed by atoms with van der Waals surface area (Å²) >= 11 is 15.3. The third kappa shape index (κ3) is 5.14. The molecule has 0 atom stereocenters. The number of carbonyl (C=O) groups is 1. The quantitative estimate of drug-likeness (QED) is 0.405. The Hall–Kier alpha value is -1.69. The van der Waals surface area contributed by atoms with Crippen LogP contribution in [0.5, 0.6) is 11.5 Å². The van der Waals surface area contributed by atoms with E-state index in [0.717, 1.165) is 5.56 Å². The maximum Gasteiger partial charge on any atom is 0.338 e. The minimum atomic E-state index is -0.477. The molecule has 0 aliphatic carbocycles. The molecular weight excluding hydrogens is 431 g/mol. The summed E-state index contributed by atoms with van der Waals surface area (Å²) in [6, 6.07) is 8.41. The number of methoxy groups -OCH3 is 1. The van der Waals surface area contributed by atoms with Gasteiger partial charge in [-0.2, -0.15) is 0 Å². The molecule has 0 N–H and O–H groups in total. The molecule has 0 radical (unpaired) electrons. The Balaban J connectivity index is 2.20. The molecule has 4 nitrogen and oxygen atoms in total. The number of carbonyl (C=O) groups excluding carboxylic acids is 1. The van der Waals surface area contributed by atoms with Crippen LogP contribution in [0.1, 0.15) is 15.9 Å². The van der Waals surface area contributed by atoms with Gasteiger partial charge in [0.1, 0.15) is 13.2 Å². The van der Waals surface area contributed by atoms with Gasteiger partial charge in [-0.25, -0.2) is 4.79 Å². The maximum absolute atomic E-state index is 12.0. The fourth-order valence-electron chi connectivity index (χ4n) is 1.98. The number of esters is 1. The monoisotopic (exact) mass is 444 g/mol. The molecule has 0 saturated carbocycles. The van der Waals surface area contributed by atoms with Gasteiger partial charge in [0.05, 0.1) is 27.2 Å². The molecule has 25 heavy (non-hydrogen) atoms. The van der Waals surface area contributed by atoms with Crippen molar-refractivity contribution in [3.8, 4) is 11.5 Å². The van der Waals surface area contributed by atoms with Crippen LogP contribution >= 0.6 is 39.1 Å². The predicted molar refractivity (Wildman–Crippen MR) is 102 cm³/mol. The average Bonchev–Trinajstić information content (AvgIpc) is 2.60. The second kappa shape index (κ2) is 9.13. The number of hydrogen-bond acceptors (Lipinski definition) is 4. The first-order valence-corrected chi connectivity index (χ1v) is 8.73. The number of hydrogen-bond donors (Lipinski definition) is 0. The molecule has 0 unspecified atom stereocenters. The van der Waals surface area contributed by atoms with Gasteiger partial charge in [-0.05, 0) is 45.8 Å². The minimum absolute atomic E-state index is 0.133. The van der Waals surface area contributed by atoms with E-state index in [-0.39, 0.29) is 13.2 Å². The predicted octanol–water partition coefficient (Wildman–Crippen LogP) is 5.69. The molecule has 7 heteroatoms. The summed E-state index contributed by atoms with van der Waals surface area (Å²) in [6.45, 7) is 3.90. The van der Waals surface area contributed by atoms with Crippen molar-refractivity contribution in [2.75, 3.05) is 13.7 Å². The molecule has 0 amide bonds. The fourth-order valence-corrected chi connectivity index (χ4v) is 2.86. The Morgan fingerprint density at radius 2 is 2.00 bits per heavy atom. The lowest BCUT2D eigenvalue weighted by molar-refractivity contribution is 0.0549. The van der Waals surface area contributed by atoms with Crippen molar-refractivity contribution in [2.24, 2.45) is 0 Å². The smallest absolute Gasteiger partial charge is 0.338 e. The van der Waals surface area contributed by atoms with Crippen molar-refractivity contribution >= 4 is 45.1 Å². The van der Waals surface area contributed by atoms with Crippen molar-refractivity contribution < 1.29 is 19.0 Å². The van der Waals surface area contributed by atoms with Crippen molar-refractivity contribution in [1.29, 1.82) is 0 Å². The van der Waals surface area contributed by atoms with Crippen LogP contribution in [0.15, 0.2) is 47.5 Å². The Labute approximate surface area is 164 Å². The minimum Gasteiger partial charge on any atom is -0.493 e. The molecule has 0 aliphatic rings. The van der Waals surface area contributed by atoms with Crippen LogP contribution in [-0.4, -0.2) is 19.7 Å². The van der Waals surface area contributed by atoms with Crippen molar-refractivity contribution in [2.45, 2.75) is 6.61 Å². The fraction of sp³-hybridized carbons (Fsp3) is 0.167. The Bertz CT molecular complexity index is 793. The summed E-state index contributed by atoms with van der Waals surface area (Å²) in [5.74, 6) is 0.392. The van der Waals surface area contributed by atoms with Crippen LogP contribution in [0, 0.1) is 0 Å². The standard InChI is InChI=1S/C18H15BrCl2O4/c1-3-6-24-18(22)12-8-13(19)17(16(9-12)23-2)25-10-11-4-5-14(20)15(21)7-11/h3-5,7-9H,1,6,10H2,2H3. The maximum atomic E-state index is 12.0. The highest BCUT2D eigenvalue weighted by Gasteiger charge is 2.16. The Morgan fingerprint density at radius 1 is 1.24 bits per heavy atom. The zero-order valence-electron chi connectivity index (χ0n) is 13.4. The highest BCUT2D eigenvalue weighted by molar-refractivity contribution is 9.10. The SMILES string of the molecule is C=CCOC(=O)c1cc(Br)c(OCc2ccc(Cl)c(Cl)c2)c(OC)c1. The third-order valence-electron chi connectivity index (χ3n) is 3.16. The van der Waals surface area contributed by atoms with Crippen LogP contribution in [-0.2, 0) is 11.3 Å². The molecular formula is C18H15BrCl2O4. The summed E-state index contributed by atoms with van der Waals surface area (Å²) < 4.78 is 16.7. The summed E-state index contributed by atoms with van der Waals surface area (Å²) in [4.78, 5) is 12.0. The van der Waals surface area contributed by atoms with E-state index in [1.54, 1.807) is 24.3 Å². The van der Waals surface area contributed by atoms with Crippen LogP contribution in [0.25, 0.3) is 0 Å². The van der Waals surface area contributed by atoms with E-state index in [1.807, 2.05) is 6.07 Å². The zero-order chi connectivity index (χ0) is 18.4. The van der Waals surface area contributed by atoms with E-state index in [9.17, 15) is 4.79 Å². The number of halogens is 3. The average molecular weight is 446 g/mol. The largest absolute Gasteiger partial charge is 0.493 e. The summed E-state index contributed by atoms with van der Waals surface area (Å²) in [6.07, 6.45) is 1.50. The van der Waals surface area contributed by atoms with Crippen molar-refractivity contribution in [3.63, 3.8) is 0 Å². The van der Waals surface area contributed by atoms with Gasteiger partial charge in [-0.3, -0.25) is 0 Å². The highest BCUT2D eigenvalue weighted by atomic mass is 79.9. The van der Waals surface area contributed by atoms with Crippen molar-refractivity contribution in [3.05, 3.63) is 68.6 Å². The summed E-state index contributed by atoms with van der Waals surface area (Å²) in [5.41, 5.74) is 1.19. The van der Waals surface area contributed by atoms with Gasteiger partial charge in [0.15, 0.2) is 11.5 Å². The molecule has 0 aromatic heterocycles. The molecule has 0 aliphatic heterocycles. The van der Waals surface area contributed by atoms with E-state index in [4.69, 9.17) is 37.4 Å². The van der Waals surface area contributed by atoms with Gasteiger partial charge >= 0.3 is 5.97 Å². The molecule has 0 spiro atoms. The zero-order valence-corrected chi connectivity index (χ0v) is 16.5. The Morgan fingerprint density at radius 3 is 2.64 bits per heavy atom. The summed E-state index contributed by atoms with van der Waals surface area (Å²) in [5, 5.41) is 0.931. The molecule has 0 fully saturated rings. The molecule has 2 aromatic rings. The van der Waals surface area contributed by atoms with Crippen LogP contribution in [0.4, 0.5) is 0 Å². The van der Waals surface area contributed by atoms with E-state index in [1.165, 1.54) is 13.2 Å². The number of ether oxygens (including phenoxy) is 3. The van der Waals surface area contributed by atoms with Gasteiger partial charge < -0.3 is 14.2 Å². The lowest BCUT2D eigenvalue weighted by atomic mass is 10.2. The van der Waals surface area contributed by atoms with Gasteiger partial charge in [-0.1, -0.05) is 41.9 Å². The second-order valence-corrected chi connectivity index (χ2v) is 6.58. The van der Waals surface area contributed by atoms with E-state index < -0.39 is 5.97 Å². The van der Waals surface area contributed by atoms with Crippen molar-refractivity contribution in [1.82, 2.24) is 0 Å². The molecule has 2 aromatic carbocycles. The first-order valence-electron chi connectivity index (χ1n) is 7.18. The Kier molecular flexibility index (Phi) is 7.17. The van der Waals surface area contributed by atoms with Gasteiger partial charge in [0.2, 0.25) is 0 Å². The van der Waals surface area contributed by atoms with Gasteiger partial charge in [0.25, 0.3) is 0 Å². The lowest BCUT2D eigenvalue weighted by Gasteiger charge is -2.14. The van der Waals surface area contributed by atoms with E-state index in [0.29, 0.717) is 31.6 Å². The molecule has 0 heterocycles. The molecule has 0 saturated heterocycles.